The van der Waals surface area contributed by atoms with Gasteiger partial charge in [0, 0.05) is 11.8 Å². The molecule has 130 valence electrons. The van der Waals surface area contributed by atoms with Gasteiger partial charge in [0.1, 0.15) is 6.10 Å². The first kappa shape index (κ1) is 15.0. The first-order valence-electron chi connectivity index (χ1n) is 9.49. The molecule has 0 aromatic rings. The Hall–Kier alpha value is -1.32. The molecule has 8 atom stereocenters. The van der Waals surface area contributed by atoms with Crippen LogP contribution in [0.3, 0.4) is 0 Å². The lowest BCUT2D eigenvalue weighted by Crippen LogP contribution is -2.53. The van der Waals surface area contributed by atoms with Crippen LogP contribution in [0.15, 0.2) is 12.2 Å². The predicted octanol–water partition coefficient (Wildman–Crippen LogP) is 3.62. The van der Waals surface area contributed by atoms with E-state index in [1.165, 1.54) is 0 Å². The third-order valence-corrected chi connectivity index (χ3v) is 8.82. The number of hydrogen-bond acceptors (Lipinski definition) is 3. The SMILES string of the molecule is C[C@@H]1[C@@H](C(=O)N2C(=O)O[C@@H]3[C@H]4CC[C@@](C)([C@@H]32)C4(C)C)[C@H]2C=C[C@@H]1C2. The monoisotopic (exact) mass is 329 g/mol. The lowest BCUT2D eigenvalue weighted by molar-refractivity contribution is -0.138. The number of carbonyl (C=O) groups is 2. The van der Waals surface area contributed by atoms with Crippen LogP contribution in [0.2, 0.25) is 0 Å². The second kappa shape index (κ2) is 4.25. The average molecular weight is 329 g/mol. The summed E-state index contributed by atoms with van der Waals surface area (Å²) in [6.45, 7) is 9.02. The van der Waals surface area contributed by atoms with Crippen molar-refractivity contribution in [3.8, 4) is 0 Å². The van der Waals surface area contributed by atoms with Crippen molar-refractivity contribution >= 4 is 12.0 Å². The summed E-state index contributed by atoms with van der Waals surface area (Å²) in [7, 11) is 0. The molecular formula is C20H27NO3. The van der Waals surface area contributed by atoms with Gasteiger partial charge < -0.3 is 4.74 Å². The van der Waals surface area contributed by atoms with Gasteiger partial charge in [-0.3, -0.25) is 4.79 Å². The first-order valence-corrected chi connectivity index (χ1v) is 9.49. The number of ether oxygens (including phenoxy) is 1. The fourth-order valence-electron chi connectivity index (χ4n) is 6.98. The first-order chi connectivity index (χ1) is 11.3. The number of hydrogen-bond donors (Lipinski definition) is 0. The number of nitrogens with zero attached hydrogens (tertiary/aromatic N) is 1. The van der Waals surface area contributed by atoms with Crippen LogP contribution < -0.4 is 0 Å². The van der Waals surface area contributed by atoms with Gasteiger partial charge in [-0.05, 0) is 47.8 Å². The molecule has 0 N–H and O–H groups in total. The molecule has 0 spiro atoms. The highest BCUT2D eigenvalue weighted by atomic mass is 16.6. The van der Waals surface area contributed by atoms with Crippen LogP contribution in [0.4, 0.5) is 4.79 Å². The van der Waals surface area contributed by atoms with Crippen molar-refractivity contribution in [3.05, 3.63) is 12.2 Å². The van der Waals surface area contributed by atoms with E-state index in [1.54, 1.807) is 4.90 Å². The highest BCUT2D eigenvalue weighted by Gasteiger charge is 2.73. The third-order valence-electron chi connectivity index (χ3n) is 8.82. The number of allylic oxidation sites excluding steroid dienone is 2. The van der Waals surface area contributed by atoms with Crippen LogP contribution in [0.1, 0.15) is 47.0 Å². The Labute approximate surface area is 143 Å². The molecule has 4 heteroatoms. The molecule has 0 aromatic carbocycles. The van der Waals surface area contributed by atoms with E-state index in [0.717, 1.165) is 19.3 Å². The van der Waals surface area contributed by atoms with E-state index in [0.29, 0.717) is 23.7 Å². The van der Waals surface area contributed by atoms with Gasteiger partial charge in [0.15, 0.2) is 0 Å². The number of amides is 2. The second-order valence-electron chi connectivity index (χ2n) is 9.62. The molecule has 24 heavy (non-hydrogen) atoms. The molecule has 4 aliphatic carbocycles. The third kappa shape index (κ3) is 1.44. The quantitative estimate of drug-likeness (QED) is 0.690. The van der Waals surface area contributed by atoms with Crippen molar-refractivity contribution in [2.45, 2.75) is 59.1 Å². The van der Waals surface area contributed by atoms with Crippen LogP contribution in [-0.4, -0.2) is 29.0 Å². The fraction of sp³-hybridized carbons (Fsp3) is 0.800. The average Bonchev–Trinajstić information content (AvgIpc) is 3.24. The maximum Gasteiger partial charge on any atom is 0.417 e. The van der Waals surface area contributed by atoms with Crippen LogP contribution in [0, 0.1) is 40.4 Å². The molecule has 5 rings (SSSR count). The lowest BCUT2D eigenvalue weighted by Gasteiger charge is -2.41. The molecule has 0 aromatic heterocycles. The van der Waals surface area contributed by atoms with Crippen molar-refractivity contribution in [1.82, 2.24) is 4.90 Å². The number of fused-ring (bicyclic) bond motifs is 7. The lowest BCUT2D eigenvalue weighted by atomic mass is 9.68. The summed E-state index contributed by atoms with van der Waals surface area (Å²) in [4.78, 5) is 27.6. The maximum absolute atomic E-state index is 13.4. The van der Waals surface area contributed by atoms with Gasteiger partial charge in [0.25, 0.3) is 0 Å². The van der Waals surface area contributed by atoms with Crippen molar-refractivity contribution in [3.63, 3.8) is 0 Å². The molecule has 1 heterocycles. The summed E-state index contributed by atoms with van der Waals surface area (Å²) < 4.78 is 5.78. The zero-order chi connectivity index (χ0) is 17.0. The Balaban J connectivity index is 1.52. The number of rotatable bonds is 1. The van der Waals surface area contributed by atoms with Gasteiger partial charge in [0.2, 0.25) is 5.91 Å². The largest absolute Gasteiger partial charge is 0.443 e. The molecule has 4 bridgehead atoms. The van der Waals surface area contributed by atoms with Crippen LogP contribution in [0.25, 0.3) is 0 Å². The second-order valence-corrected chi connectivity index (χ2v) is 9.62. The van der Waals surface area contributed by atoms with Crippen LogP contribution in [0.5, 0.6) is 0 Å². The maximum atomic E-state index is 13.4. The fourth-order valence-corrected chi connectivity index (χ4v) is 6.98. The molecular weight excluding hydrogens is 302 g/mol. The number of carbonyl (C=O) groups excluding carboxylic acids is 2. The Bertz CT molecular complexity index is 668. The van der Waals surface area contributed by atoms with E-state index in [2.05, 4.69) is 39.8 Å². The predicted molar refractivity (Wildman–Crippen MR) is 88.9 cm³/mol. The number of imide groups is 1. The molecule has 2 amide bonds. The molecule has 0 radical (unpaired) electrons. The van der Waals surface area contributed by atoms with Gasteiger partial charge in [0.05, 0.1) is 6.04 Å². The van der Waals surface area contributed by atoms with Gasteiger partial charge in [-0.1, -0.05) is 39.8 Å². The van der Waals surface area contributed by atoms with Gasteiger partial charge in [-0.25, -0.2) is 9.69 Å². The summed E-state index contributed by atoms with van der Waals surface area (Å²) in [5.74, 6) is 1.51. The summed E-state index contributed by atoms with van der Waals surface area (Å²) in [6.07, 6.45) is 7.22. The minimum absolute atomic E-state index is 0.0269. The summed E-state index contributed by atoms with van der Waals surface area (Å²) in [5.41, 5.74) is 0.0859. The van der Waals surface area contributed by atoms with E-state index in [-0.39, 0.29) is 40.9 Å². The molecule has 4 nitrogen and oxygen atoms in total. The smallest absolute Gasteiger partial charge is 0.417 e. The summed E-state index contributed by atoms with van der Waals surface area (Å²) in [6, 6.07) is -0.0680. The van der Waals surface area contributed by atoms with E-state index < -0.39 is 0 Å². The van der Waals surface area contributed by atoms with Crippen molar-refractivity contribution in [2.24, 2.45) is 40.4 Å². The normalized spacial score (nSPS) is 52.9. The molecule has 1 saturated heterocycles. The van der Waals surface area contributed by atoms with Gasteiger partial charge >= 0.3 is 6.09 Å². The van der Waals surface area contributed by atoms with Crippen LogP contribution in [-0.2, 0) is 9.53 Å². The zero-order valence-electron chi connectivity index (χ0n) is 15.0. The topological polar surface area (TPSA) is 46.6 Å². The van der Waals surface area contributed by atoms with Crippen molar-refractivity contribution in [1.29, 1.82) is 0 Å². The Morgan fingerprint density at radius 1 is 1.25 bits per heavy atom. The molecule has 4 fully saturated rings. The van der Waals surface area contributed by atoms with E-state index in [9.17, 15) is 9.59 Å². The zero-order valence-corrected chi connectivity index (χ0v) is 15.0. The summed E-state index contributed by atoms with van der Waals surface area (Å²) >= 11 is 0. The summed E-state index contributed by atoms with van der Waals surface area (Å²) in [5, 5.41) is 0. The Morgan fingerprint density at radius 2 is 1.96 bits per heavy atom. The minimum Gasteiger partial charge on any atom is -0.443 e. The molecule has 0 unspecified atom stereocenters. The minimum atomic E-state index is -0.387. The molecule has 3 saturated carbocycles. The van der Waals surface area contributed by atoms with Gasteiger partial charge in [-0.15, -0.1) is 0 Å². The standard InChI is InChI=1S/C20H27NO3/c1-10-11-5-6-12(9-11)14(10)17(22)21-16-15(24-18(21)23)13-7-8-20(16,4)19(13,2)3/h5-6,10-16H,7-9H2,1-4H3/t10-,11+,12-,13+,14+,15+,16+,20-/m0/s1. The molecule has 5 aliphatic rings. The van der Waals surface area contributed by atoms with Gasteiger partial charge in [-0.2, -0.15) is 0 Å². The highest BCUT2D eigenvalue weighted by Crippen LogP contribution is 2.69. The van der Waals surface area contributed by atoms with Crippen molar-refractivity contribution < 1.29 is 14.3 Å². The van der Waals surface area contributed by atoms with E-state index in [1.807, 2.05) is 0 Å². The van der Waals surface area contributed by atoms with Crippen molar-refractivity contribution in [2.75, 3.05) is 0 Å². The Morgan fingerprint density at radius 3 is 2.62 bits per heavy atom. The Kier molecular flexibility index (Phi) is 2.66. The highest BCUT2D eigenvalue weighted by molar-refractivity contribution is 5.96. The molecule has 1 aliphatic heterocycles. The van der Waals surface area contributed by atoms with Crippen LogP contribution >= 0.6 is 0 Å². The van der Waals surface area contributed by atoms with E-state index >= 15 is 0 Å². The van der Waals surface area contributed by atoms with E-state index in [4.69, 9.17) is 4.74 Å².